The van der Waals surface area contributed by atoms with Gasteiger partial charge < -0.3 is 15.3 Å². The van der Waals surface area contributed by atoms with Gasteiger partial charge in [-0.25, -0.2) is 4.79 Å². The van der Waals surface area contributed by atoms with Gasteiger partial charge in [0.15, 0.2) is 0 Å². The van der Waals surface area contributed by atoms with Crippen molar-refractivity contribution in [3.05, 3.63) is 29.8 Å². The number of hydrogen-bond donors (Lipinski definition) is 2. The van der Waals surface area contributed by atoms with Crippen molar-refractivity contribution in [3.8, 4) is 0 Å². The fourth-order valence-corrected chi connectivity index (χ4v) is 2.37. The summed E-state index contributed by atoms with van der Waals surface area (Å²) in [6.45, 7) is 7.68. The highest BCUT2D eigenvalue weighted by Crippen LogP contribution is 2.23. The lowest BCUT2D eigenvalue weighted by molar-refractivity contribution is 0.199. The van der Waals surface area contributed by atoms with Crippen molar-refractivity contribution in [1.82, 2.24) is 4.90 Å². The first-order chi connectivity index (χ1) is 8.97. The molecule has 1 aromatic carbocycles. The molecular weight excluding hydrogens is 240 g/mol. The van der Waals surface area contributed by atoms with Gasteiger partial charge in [-0.05, 0) is 36.5 Å². The second-order valence-electron chi connectivity index (χ2n) is 5.59. The van der Waals surface area contributed by atoms with Crippen LogP contribution in [0.5, 0.6) is 0 Å². The fourth-order valence-electron chi connectivity index (χ4n) is 2.37. The van der Waals surface area contributed by atoms with Gasteiger partial charge in [0.05, 0.1) is 6.10 Å². The molecule has 2 rings (SSSR count). The van der Waals surface area contributed by atoms with Crippen LogP contribution in [0.25, 0.3) is 0 Å². The Balaban J connectivity index is 2.01. The number of likely N-dealkylation sites (tertiary alicyclic amines) is 1. The Kier molecular flexibility index (Phi) is 4.10. The molecule has 0 saturated carbocycles. The summed E-state index contributed by atoms with van der Waals surface area (Å²) in [6.07, 6.45) is -0.524. The smallest absolute Gasteiger partial charge is 0.321 e. The summed E-state index contributed by atoms with van der Waals surface area (Å²) >= 11 is 0. The van der Waals surface area contributed by atoms with Crippen molar-refractivity contribution in [2.24, 2.45) is 11.8 Å². The van der Waals surface area contributed by atoms with Crippen LogP contribution in [0.3, 0.4) is 0 Å². The van der Waals surface area contributed by atoms with Crippen LogP contribution in [0.15, 0.2) is 24.3 Å². The second kappa shape index (κ2) is 5.61. The van der Waals surface area contributed by atoms with Crippen molar-refractivity contribution in [2.75, 3.05) is 18.4 Å². The van der Waals surface area contributed by atoms with Crippen LogP contribution < -0.4 is 5.32 Å². The second-order valence-corrected chi connectivity index (χ2v) is 5.59. The van der Waals surface area contributed by atoms with Crippen molar-refractivity contribution in [3.63, 3.8) is 0 Å². The minimum absolute atomic E-state index is 0.0565. The van der Waals surface area contributed by atoms with Crippen molar-refractivity contribution in [1.29, 1.82) is 0 Å². The molecule has 19 heavy (non-hydrogen) atoms. The van der Waals surface area contributed by atoms with Gasteiger partial charge in [0, 0.05) is 18.8 Å². The highest BCUT2D eigenvalue weighted by atomic mass is 16.3. The van der Waals surface area contributed by atoms with Crippen LogP contribution >= 0.6 is 0 Å². The molecule has 1 aliphatic heterocycles. The van der Waals surface area contributed by atoms with E-state index in [9.17, 15) is 9.90 Å². The number of amides is 2. The largest absolute Gasteiger partial charge is 0.389 e. The van der Waals surface area contributed by atoms with Crippen LogP contribution in [0.2, 0.25) is 0 Å². The Morgan fingerprint density at radius 1 is 1.37 bits per heavy atom. The SMILES string of the molecule is CC(O)c1cccc(NC(=O)N2CC(C)C(C)C2)c1. The van der Waals surface area contributed by atoms with E-state index in [0.29, 0.717) is 11.8 Å². The molecule has 1 heterocycles. The molecule has 0 bridgehead atoms. The van der Waals surface area contributed by atoms with Gasteiger partial charge in [0.1, 0.15) is 0 Å². The van der Waals surface area contributed by atoms with Crippen molar-refractivity contribution in [2.45, 2.75) is 26.9 Å². The first-order valence-corrected chi connectivity index (χ1v) is 6.81. The molecule has 104 valence electrons. The van der Waals surface area contributed by atoms with E-state index in [1.807, 2.05) is 29.2 Å². The molecule has 1 aliphatic rings. The number of rotatable bonds is 2. The number of aliphatic hydroxyl groups excluding tert-OH is 1. The van der Waals surface area contributed by atoms with E-state index in [4.69, 9.17) is 0 Å². The number of hydrogen-bond acceptors (Lipinski definition) is 2. The van der Waals surface area contributed by atoms with E-state index in [2.05, 4.69) is 19.2 Å². The monoisotopic (exact) mass is 262 g/mol. The number of carbonyl (C=O) groups is 1. The number of carbonyl (C=O) groups excluding carboxylic acids is 1. The van der Waals surface area contributed by atoms with Gasteiger partial charge in [-0.3, -0.25) is 0 Å². The zero-order chi connectivity index (χ0) is 14.0. The van der Waals surface area contributed by atoms with Gasteiger partial charge in [0.25, 0.3) is 0 Å². The summed E-state index contributed by atoms with van der Waals surface area (Å²) in [5.41, 5.74) is 1.54. The van der Waals surface area contributed by atoms with Crippen molar-refractivity contribution >= 4 is 11.7 Å². The molecule has 2 N–H and O–H groups in total. The number of benzene rings is 1. The fraction of sp³-hybridized carbons (Fsp3) is 0.533. The average Bonchev–Trinajstić information content (AvgIpc) is 2.70. The summed E-state index contributed by atoms with van der Waals surface area (Å²) in [4.78, 5) is 14.0. The third-order valence-corrected chi connectivity index (χ3v) is 3.90. The summed E-state index contributed by atoms with van der Waals surface area (Å²) < 4.78 is 0. The molecule has 0 aliphatic carbocycles. The Labute approximate surface area is 114 Å². The third kappa shape index (κ3) is 3.26. The van der Waals surface area contributed by atoms with Gasteiger partial charge in [-0.15, -0.1) is 0 Å². The molecule has 0 radical (unpaired) electrons. The minimum Gasteiger partial charge on any atom is -0.389 e. The number of aliphatic hydroxyl groups is 1. The first kappa shape index (κ1) is 13.9. The Morgan fingerprint density at radius 2 is 2.00 bits per heavy atom. The molecule has 3 unspecified atom stereocenters. The summed E-state index contributed by atoms with van der Waals surface area (Å²) in [5, 5.41) is 12.4. The van der Waals surface area contributed by atoms with E-state index in [1.54, 1.807) is 6.92 Å². The average molecular weight is 262 g/mol. The number of nitrogens with one attached hydrogen (secondary N) is 1. The minimum atomic E-state index is -0.524. The Bertz CT molecular complexity index is 449. The number of anilines is 1. The first-order valence-electron chi connectivity index (χ1n) is 6.81. The van der Waals surface area contributed by atoms with Crippen LogP contribution in [0.4, 0.5) is 10.5 Å². The van der Waals surface area contributed by atoms with E-state index >= 15 is 0 Å². The van der Waals surface area contributed by atoms with E-state index in [0.717, 1.165) is 24.3 Å². The van der Waals surface area contributed by atoms with Crippen LogP contribution in [0.1, 0.15) is 32.4 Å². The molecular formula is C15H22N2O2. The molecule has 4 heteroatoms. The highest BCUT2D eigenvalue weighted by molar-refractivity contribution is 5.89. The maximum absolute atomic E-state index is 12.1. The molecule has 4 nitrogen and oxygen atoms in total. The van der Waals surface area contributed by atoms with Gasteiger partial charge >= 0.3 is 6.03 Å². The lowest BCUT2D eigenvalue weighted by atomic mass is 10.0. The van der Waals surface area contributed by atoms with Crippen LogP contribution in [-0.2, 0) is 0 Å². The van der Waals surface area contributed by atoms with Crippen molar-refractivity contribution < 1.29 is 9.90 Å². The predicted molar refractivity (Wildman–Crippen MR) is 76.0 cm³/mol. The molecule has 1 fully saturated rings. The van der Waals surface area contributed by atoms with E-state index < -0.39 is 6.10 Å². The summed E-state index contributed by atoms with van der Waals surface area (Å²) in [5.74, 6) is 1.10. The predicted octanol–water partition coefficient (Wildman–Crippen LogP) is 2.86. The van der Waals surface area contributed by atoms with Crippen LogP contribution in [-0.4, -0.2) is 29.1 Å². The Morgan fingerprint density at radius 3 is 2.58 bits per heavy atom. The zero-order valence-electron chi connectivity index (χ0n) is 11.8. The lowest BCUT2D eigenvalue weighted by Gasteiger charge is -2.17. The normalized spacial score (nSPS) is 24.3. The lowest BCUT2D eigenvalue weighted by Crippen LogP contribution is -2.33. The molecule has 3 atom stereocenters. The molecule has 0 aromatic heterocycles. The Hall–Kier alpha value is -1.55. The van der Waals surface area contributed by atoms with Gasteiger partial charge in [-0.1, -0.05) is 26.0 Å². The highest BCUT2D eigenvalue weighted by Gasteiger charge is 2.29. The molecule has 0 spiro atoms. The quantitative estimate of drug-likeness (QED) is 0.861. The molecule has 1 saturated heterocycles. The zero-order valence-corrected chi connectivity index (χ0v) is 11.8. The molecule has 2 amide bonds. The maximum atomic E-state index is 12.1. The third-order valence-electron chi connectivity index (χ3n) is 3.90. The summed E-state index contributed by atoms with van der Waals surface area (Å²) in [6, 6.07) is 7.28. The maximum Gasteiger partial charge on any atom is 0.321 e. The molecule has 1 aromatic rings. The van der Waals surface area contributed by atoms with E-state index in [-0.39, 0.29) is 6.03 Å². The van der Waals surface area contributed by atoms with Crippen LogP contribution in [0, 0.1) is 11.8 Å². The van der Waals surface area contributed by atoms with Gasteiger partial charge in [0.2, 0.25) is 0 Å². The number of nitrogens with zero attached hydrogens (tertiary/aromatic N) is 1. The topological polar surface area (TPSA) is 52.6 Å². The standard InChI is InChI=1S/C15H22N2O2/c1-10-8-17(9-11(10)2)15(19)16-14-6-4-5-13(7-14)12(3)18/h4-7,10-12,18H,8-9H2,1-3H3,(H,16,19). The van der Waals surface area contributed by atoms with Gasteiger partial charge in [-0.2, -0.15) is 0 Å². The summed E-state index contributed by atoms with van der Waals surface area (Å²) in [7, 11) is 0. The number of urea groups is 1. The van der Waals surface area contributed by atoms with E-state index in [1.165, 1.54) is 0 Å².